The van der Waals surface area contributed by atoms with Gasteiger partial charge in [-0.2, -0.15) is 15.2 Å². The van der Waals surface area contributed by atoms with Gasteiger partial charge >= 0.3 is 0 Å². The molecule has 0 unspecified atom stereocenters. The van der Waals surface area contributed by atoms with Crippen molar-refractivity contribution in [2.75, 3.05) is 5.32 Å². The zero-order valence-electron chi connectivity index (χ0n) is 15.3. The Hall–Kier alpha value is -3.73. The van der Waals surface area contributed by atoms with Crippen LogP contribution in [0.2, 0.25) is 0 Å². The molecule has 0 saturated heterocycles. The fraction of sp³-hybridized carbons (Fsp3) is 0.211. The number of nitrogens with one attached hydrogen (secondary N) is 3. The molecular formula is C19H24N8. The van der Waals surface area contributed by atoms with Crippen LogP contribution in [0.25, 0.3) is 0 Å². The highest BCUT2D eigenvalue weighted by Crippen LogP contribution is 2.16. The lowest BCUT2D eigenvalue weighted by molar-refractivity contribution is 0.703. The molecule has 8 nitrogen and oxygen atoms in total. The van der Waals surface area contributed by atoms with Crippen LogP contribution in [-0.2, 0) is 6.54 Å². The van der Waals surface area contributed by atoms with Crippen molar-refractivity contribution in [2.24, 2.45) is 10.7 Å². The average molecular weight is 364 g/mol. The van der Waals surface area contributed by atoms with Gasteiger partial charge < -0.3 is 21.8 Å². The second-order valence-electron chi connectivity index (χ2n) is 5.93. The summed E-state index contributed by atoms with van der Waals surface area (Å²) in [6.07, 6.45) is 6.00. The first-order chi connectivity index (χ1) is 13.0. The molecule has 0 fully saturated rings. The van der Waals surface area contributed by atoms with E-state index in [1.165, 1.54) is 6.20 Å². The Morgan fingerprint density at radius 1 is 1.44 bits per heavy atom. The van der Waals surface area contributed by atoms with E-state index in [2.05, 4.69) is 31.7 Å². The second-order valence-corrected chi connectivity index (χ2v) is 5.93. The summed E-state index contributed by atoms with van der Waals surface area (Å²) in [5.74, 6) is 0.887. The third-order valence-electron chi connectivity index (χ3n) is 3.46. The van der Waals surface area contributed by atoms with Gasteiger partial charge in [0.25, 0.3) is 5.95 Å². The molecule has 0 bridgehead atoms. The zero-order valence-corrected chi connectivity index (χ0v) is 15.3. The van der Waals surface area contributed by atoms with Crippen LogP contribution in [0, 0.1) is 16.7 Å². The van der Waals surface area contributed by atoms with Crippen LogP contribution in [0.3, 0.4) is 0 Å². The minimum atomic E-state index is 0. The number of benzene rings is 1. The molecule has 0 aliphatic heterocycles. The van der Waals surface area contributed by atoms with E-state index in [4.69, 9.17) is 11.1 Å². The van der Waals surface area contributed by atoms with Gasteiger partial charge in [0.2, 0.25) is 0 Å². The third-order valence-corrected chi connectivity index (χ3v) is 3.46. The Morgan fingerprint density at radius 2 is 2.22 bits per heavy atom. The Bertz CT molecular complexity index is 899. The van der Waals surface area contributed by atoms with Gasteiger partial charge in [-0.3, -0.25) is 0 Å². The minimum Gasteiger partial charge on any atom is -0.389 e. The average Bonchev–Trinajstić information content (AvgIpc) is 2.66. The Balaban J connectivity index is 0.00000392. The van der Waals surface area contributed by atoms with E-state index < -0.39 is 0 Å². The summed E-state index contributed by atoms with van der Waals surface area (Å²) in [5, 5.41) is 22.9. The number of aliphatic imine (C=N–C) groups is 1. The summed E-state index contributed by atoms with van der Waals surface area (Å²) in [6, 6.07) is 9.74. The summed E-state index contributed by atoms with van der Waals surface area (Å²) < 4.78 is 0. The lowest BCUT2D eigenvalue weighted by Crippen LogP contribution is -2.17. The molecule has 27 heavy (non-hydrogen) atoms. The van der Waals surface area contributed by atoms with Crippen LogP contribution in [0.15, 0.2) is 47.7 Å². The predicted octanol–water partition coefficient (Wildman–Crippen LogP) is 2.70. The van der Waals surface area contributed by atoms with Gasteiger partial charge in [0.15, 0.2) is 0 Å². The van der Waals surface area contributed by atoms with E-state index in [1.54, 1.807) is 18.3 Å². The fourth-order valence-corrected chi connectivity index (χ4v) is 2.12. The van der Waals surface area contributed by atoms with Crippen molar-refractivity contribution < 1.29 is 1.43 Å². The van der Waals surface area contributed by atoms with Gasteiger partial charge in [-0.05, 0) is 31.6 Å². The number of hydrogen-bond donors (Lipinski definition) is 4. The SMILES string of the molecule is CC(C)N/C=C\C(N)=N/c1ncc(C=N)c(NCc2ccccc2C#N)n1.[HH]. The van der Waals surface area contributed by atoms with Crippen LogP contribution >= 0.6 is 0 Å². The van der Waals surface area contributed by atoms with Gasteiger partial charge in [0.05, 0.1) is 17.2 Å². The fourth-order valence-electron chi connectivity index (χ4n) is 2.12. The molecule has 8 heteroatoms. The molecule has 1 heterocycles. The van der Waals surface area contributed by atoms with E-state index in [-0.39, 0.29) is 13.2 Å². The number of nitriles is 1. The topological polar surface area (TPSA) is 136 Å². The molecule has 140 valence electrons. The molecule has 0 aliphatic rings. The summed E-state index contributed by atoms with van der Waals surface area (Å²) in [7, 11) is 0. The van der Waals surface area contributed by atoms with Crippen molar-refractivity contribution >= 4 is 23.8 Å². The van der Waals surface area contributed by atoms with E-state index in [9.17, 15) is 5.26 Å². The summed E-state index contributed by atoms with van der Waals surface area (Å²) in [4.78, 5) is 12.6. The van der Waals surface area contributed by atoms with Crippen molar-refractivity contribution in [1.82, 2.24) is 15.3 Å². The molecule has 0 radical (unpaired) electrons. The van der Waals surface area contributed by atoms with Crippen LogP contribution < -0.4 is 16.4 Å². The van der Waals surface area contributed by atoms with Crippen molar-refractivity contribution in [1.29, 1.82) is 10.7 Å². The van der Waals surface area contributed by atoms with E-state index in [1.807, 2.05) is 32.0 Å². The van der Waals surface area contributed by atoms with E-state index in [0.29, 0.717) is 29.5 Å². The van der Waals surface area contributed by atoms with Crippen molar-refractivity contribution in [3.63, 3.8) is 0 Å². The van der Waals surface area contributed by atoms with Gasteiger partial charge in [0, 0.05) is 32.6 Å². The second kappa shape index (κ2) is 9.68. The number of anilines is 1. The van der Waals surface area contributed by atoms with Crippen LogP contribution in [0.5, 0.6) is 0 Å². The molecule has 0 amide bonds. The standard InChI is InChI=1S/C19H22N8.H2/c1-13(2)23-8-7-17(22)26-19-25-12-16(10-21)18(27-19)24-11-15-6-4-3-5-14(15)9-20;/h3-8,10,12-13,21,23H,11H2,1-2H3,(H3,22,24,25,26,27);1H/b8-7-,21-10?;. The number of amidine groups is 1. The number of nitrogens with two attached hydrogens (primary N) is 1. The zero-order chi connectivity index (χ0) is 19.6. The first-order valence-corrected chi connectivity index (χ1v) is 8.39. The van der Waals surface area contributed by atoms with Crippen molar-refractivity contribution in [2.45, 2.75) is 26.4 Å². The molecule has 1 aromatic carbocycles. The highest BCUT2D eigenvalue weighted by molar-refractivity contribution is 5.93. The molecular weight excluding hydrogens is 340 g/mol. The van der Waals surface area contributed by atoms with E-state index >= 15 is 0 Å². The molecule has 1 aromatic heterocycles. The number of hydrogen-bond acceptors (Lipinski definition) is 7. The van der Waals surface area contributed by atoms with Crippen molar-refractivity contribution in [3.05, 3.63) is 59.4 Å². The number of rotatable bonds is 8. The predicted molar refractivity (Wildman–Crippen MR) is 109 cm³/mol. The Labute approximate surface area is 159 Å². The molecule has 2 rings (SSSR count). The summed E-state index contributed by atoms with van der Waals surface area (Å²) >= 11 is 0. The van der Waals surface area contributed by atoms with Gasteiger partial charge in [-0.25, -0.2) is 4.98 Å². The van der Waals surface area contributed by atoms with Gasteiger partial charge in [-0.15, -0.1) is 0 Å². The molecule has 5 N–H and O–H groups in total. The summed E-state index contributed by atoms with van der Waals surface area (Å²) in [6.45, 7) is 4.41. The van der Waals surface area contributed by atoms with Gasteiger partial charge in [0.1, 0.15) is 11.7 Å². The van der Waals surface area contributed by atoms with E-state index in [0.717, 1.165) is 11.8 Å². The van der Waals surface area contributed by atoms with Gasteiger partial charge in [-0.1, -0.05) is 18.2 Å². The monoisotopic (exact) mass is 364 g/mol. The minimum absolute atomic E-state index is 0. The van der Waals surface area contributed by atoms with Crippen LogP contribution in [0.1, 0.15) is 32.0 Å². The lowest BCUT2D eigenvalue weighted by atomic mass is 10.1. The molecule has 0 aliphatic carbocycles. The first kappa shape index (κ1) is 19.6. The normalized spacial score (nSPS) is 11.4. The van der Waals surface area contributed by atoms with Crippen LogP contribution in [-0.4, -0.2) is 28.1 Å². The van der Waals surface area contributed by atoms with Crippen LogP contribution in [0.4, 0.5) is 11.8 Å². The Morgan fingerprint density at radius 3 is 2.93 bits per heavy atom. The lowest BCUT2D eigenvalue weighted by Gasteiger charge is -2.09. The largest absolute Gasteiger partial charge is 0.389 e. The maximum absolute atomic E-state index is 9.18. The highest BCUT2D eigenvalue weighted by atomic mass is 15.1. The summed E-state index contributed by atoms with van der Waals surface area (Å²) in [5.41, 5.74) is 7.79. The first-order valence-electron chi connectivity index (χ1n) is 8.39. The maximum Gasteiger partial charge on any atom is 0.253 e. The Kier molecular flexibility index (Phi) is 7.02. The number of nitrogens with zero attached hydrogens (tertiary/aromatic N) is 4. The smallest absolute Gasteiger partial charge is 0.253 e. The molecule has 0 saturated carbocycles. The highest BCUT2D eigenvalue weighted by Gasteiger charge is 2.07. The van der Waals surface area contributed by atoms with Crippen molar-refractivity contribution in [3.8, 4) is 6.07 Å². The molecule has 0 spiro atoms. The number of aromatic nitrogens is 2. The maximum atomic E-state index is 9.18. The molecule has 0 atom stereocenters. The molecule has 2 aromatic rings. The quantitative estimate of drug-likeness (QED) is 0.420. The third kappa shape index (κ3) is 5.93.